The van der Waals surface area contributed by atoms with Crippen molar-refractivity contribution in [1.82, 2.24) is 4.90 Å². The van der Waals surface area contributed by atoms with Crippen LogP contribution in [0, 0.1) is 0 Å². The molecular weight excluding hydrogens is 210 g/mol. The van der Waals surface area contributed by atoms with E-state index in [0.29, 0.717) is 0 Å². The zero-order chi connectivity index (χ0) is 12.3. The van der Waals surface area contributed by atoms with Gasteiger partial charge in [0.2, 0.25) is 5.91 Å². The molecular formula is C15H21NO. The van der Waals surface area contributed by atoms with Gasteiger partial charge in [-0.2, -0.15) is 0 Å². The summed E-state index contributed by atoms with van der Waals surface area (Å²) in [4.78, 5) is 13.4. The molecule has 0 fully saturated rings. The number of hydrogen-bond donors (Lipinski definition) is 0. The number of hydrogen-bond acceptors (Lipinski definition) is 1. The Kier molecular flexibility index (Phi) is 6.80. The number of unbranched alkanes of at least 4 members (excludes halogenated alkanes) is 1. The van der Waals surface area contributed by atoms with Gasteiger partial charge in [-0.05, 0) is 19.3 Å². The molecule has 1 heterocycles. The molecule has 2 heteroatoms. The maximum Gasteiger partial charge on any atom is 0.250 e. The molecule has 0 aromatic rings. The second-order valence-electron chi connectivity index (χ2n) is 4.02. The minimum absolute atomic E-state index is 0.0585. The molecule has 92 valence electrons. The molecule has 0 spiro atoms. The topological polar surface area (TPSA) is 20.3 Å². The number of carbonyl (C=O) groups is 1. The molecule has 0 atom stereocenters. The van der Waals surface area contributed by atoms with E-state index in [4.69, 9.17) is 0 Å². The van der Waals surface area contributed by atoms with Crippen molar-refractivity contribution < 1.29 is 4.79 Å². The van der Waals surface area contributed by atoms with E-state index in [9.17, 15) is 4.79 Å². The van der Waals surface area contributed by atoms with Crippen LogP contribution in [-0.2, 0) is 4.79 Å². The Morgan fingerprint density at radius 3 is 2.82 bits per heavy atom. The van der Waals surface area contributed by atoms with E-state index in [1.54, 1.807) is 17.1 Å². The average molecular weight is 231 g/mol. The van der Waals surface area contributed by atoms with Crippen molar-refractivity contribution in [2.75, 3.05) is 6.54 Å². The maximum absolute atomic E-state index is 11.7. The van der Waals surface area contributed by atoms with E-state index >= 15 is 0 Å². The second-order valence-corrected chi connectivity index (χ2v) is 4.02. The summed E-state index contributed by atoms with van der Waals surface area (Å²) in [6.07, 6.45) is 19.7. The monoisotopic (exact) mass is 231 g/mol. The van der Waals surface area contributed by atoms with Crippen LogP contribution in [0.1, 0.15) is 32.6 Å². The lowest BCUT2D eigenvalue weighted by atomic mass is 10.2. The number of allylic oxidation sites excluding steroid dienone is 6. The van der Waals surface area contributed by atoms with E-state index < -0.39 is 0 Å². The highest BCUT2D eigenvalue weighted by molar-refractivity contribution is 5.88. The number of rotatable bonds is 5. The lowest BCUT2D eigenvalue weighted by Crippen LogP contribution is -2.26. The fraction of sp³-hybridized carbons (Fsp3) is 0.400. The molecule has 2 nitrogen and oxygen atoms in total. The standard InChI is InChI=1S/C15H21NO/c1-2-3-4-5-6-7-9-12-15(17)16-13-10-8-11-14-16/h4-7,9-10,12-13H,2-3,8,11,14H2,1H3/b5-4+,7-6+,12-9+. The zero-order valence-electron chi connectivity index (χ0n) is 10.5. The van der Waals surface area contributed by atoms with Crippen molar-refractivity contribution in [2.24, 2.45) is 0 Å². The highest BCUT2D eigenvalue weighted by Crippen LogP contribution is 2.06. The summed E-state index contributed by atoms with van der Waals surface area (Å²) in [6, 6.07) is 0. The van der Waals surface area contributed by atoms with Gasteiger partial charge in [0.05, 0.1) is 0 Å². The predicted octanol–water partition coefficient (Wildman–Crippen LogP) is 3.59. The quantitative estimate of drug-likeness (QED) is 0.523. The van der Waals surface area contributed by atoms with Gasteiger partial charge >= 0.3 is 0 Å². The highest BCUT2D eigenvalue weighted by Gasteiger charge is 2.08. The summed E-state index contributed by atoms with van der Waals surface area (Å²) < 4.78 is 0. The summed E-state index contributed by atoms with van der Waals surface area (Å²) >= 11 is 0. The Morgan fingerprint density at radius 2 is 2.12 bits per heavy atom. The van der Waals surface area contributed by atoms with Crippen molar-refractivity contribution in [3.63, 3.8) is 0 Å². The first-order valence-corrected chi connectivity index (χ1v) is 6.31. The van der Waals surface area contributed by atoms with Crippen LogP contribution in [-0.4, -0.2) is 17.4 Å². The molecule has 0 bridgehead atoms. The van der Waals surface area contributed by atoms with Crippen LogP contribution in [0.4, 0.5) is 0 Å². The molecule has 0 saturated carbocycles. The first-order chi connectivity index (χ1) is 8.34. The van der Waals surface area contributed by atoms with Crippen LogP contribution >= 0.6 is 0 Å². The minimum Gasteiger partial charge on any atom is -0.316 e. The summed E-state index contributed by atoms with van der Waals surface area (Å²) in [6.45, 7) is 2.98. The molecule has 1 rings (SSSR count). The fourth-order valence-corrected chi connectivity index (χ4v) is 1.54. The molecule has 1 aliphatic rings. The van der Waals surface area contributed by atoms with Crippen LogP contribution in [0.3, 0.4) is 0 Å². The van der Waals surface area contributed by atoms with Gasteiger partial charge in [0.15, 0.2) is 0 Å². The molecule has 0 radical (unpaired) electrons. The van der Waals surface area contributed by atoms with E-state index in [1.807, 2.05) is 30.5 Å². The van der Waals surface area contributed by atoms with E-state index in [0.717, 1.165) is 25.8 Å². The highest BCUT2D eigenvalue weighted by atomic mass is 16.2. The summed E-state index contributed by atoms with van der Waals surface area (Å²) in [5, 5.41) is 0. The smallest absolute Gasteiger partial charge is 0.250 e. The van der Waals surface area contributed by atoms with Gasteiger partial charge in [-0.1, -0.05) is 49.8 Å². The molecule has 0 aromatic carbocycles. The number of amides is 1. The van der Waals surface area contributed by atoms with Crippen LogP contribution in [0.15, 0.2) is 48.7 Å². The molecule has 0 aliphatic carbocycles. The van der Waals surface area contributed by atoms with Gasteiger partial charge < -0.3 is 4.90 Å². The van der Waals surface area contributed by atoms with Crippen LogP contribution in [0.5, 0.6) is 0 Å². The third-order valence-electron chi connectivity index (χ3n) is 2.50. The van der Waals surface area contributed by atoms with Crippen molar-refractivity contribution in [3.05, 3.63) is 48.7 Å². The molecule has 0 saturated heterocycles. The first kappa shape index (κ1) is 13.5. The maximum atomic E-state index is 11.7. The summed E-state index contributed by atoms with van der Waals surface area (Å²) in [5.74, 6) is 0.0585. The van der Waals surface area contributed by atoms with Gasteiger partial charge in [0.1, 0.15) is 0 Å². The zero-order valence-corrected chi connectivity index (χ0v) is 10.5. The Bertz CT molecular complexity index is 337. The van der Waals surface area contributed by atoms with Crippen LogP contribution in [0.25, 0.3) is 0 Å². The first-order valence-electron chi connectivity index (χ1n) is 6.31. The van der Waals surface area contributed by atoms with E-state index in [1.165, 1.54) is 6.42 Å². The molecule has 1 aliphatic heterocycles. The second kappa shape index (κ2) is 8.57. The third kappa shape index (κ3) is 5.91. The summed E-state index contributed by atoms with van der Waals surface area (Å²) in [5.41, 5.74) is 0. The molecule has 1 amide bonds. The molecule has 0 unspecified atom stereocenters. The average Bonchev–Trinajstić information content (AvgIpc) is 2.38. The van der Waals surface area contributed by atoms with Gasteiger partial charge in [-0.3, -0.25) is 4.79 Å². The molecule has 0 aromatic heterocycles. The lowest BCUT2D eigenvalue weighted by molar-refractivity contribution is -0.123. The number of nitrogens with zero attached hydrogens (tertiary/aromatic N) is 1. The van der Waals surface area contributed by atoms with Crippen LogP contribution < -0.4 is 0 Å². The van der Waals surface area contributed by atoms with Gasteiger partial charge in [0.25, 0.3) is 0 Å². The SMILES string of the molecule is CCC/C=C/C=C/C=C/C(=O)N1C=CCCC1. The predicted molar refractivity (Wildman–Crippen MR) is 72.4 cm³/mol. The Labute approximate surface area is 104 Å². The van der Waals surface area contributed by atoms with E-state index in [2.05, 4.69) is 13.0 Å². The minimum atomic E-state index is 0.0585. The van der Waals surface area contributed by atoms with Gasteiger partial charge in [-0.15, -0.1) is 0 Å². The van der Waals surface area contributed by atoms with Gasteiger partial charge in [-0.25, -0.2) is 0 Å². The largest absolute Gasteiger partial charge is 0.316 e. The Balaban J connectivity index is 2.30. The fourth-order valence-electron chi connectivity index (χ4n) is 1.54. The normalized spacial score (nSPS) is 16.6. The van der Waals surface area contributed by atoms with Gasteiger partial charge in [0, 0.05) is 18.8 Å². The summed E-state index contributed by atoms with van der Waals surface area (Å²) in [7, 11) is 0. The van der Waals surface area contributed by atoms with E-state index in [-0.39, 0.29) is 5.91 Å². The Hall–Kier alpha value is -1.57. The third-order valence-corrected chi connectivity index (χ3v) is 2.50. The van der Waals surface area contributed by atoms with Crippen molar-refractivity contribution in [1.29, 1.82) is 0 Å². The van der Waals surface area contributed by atoms with Crippen molar-refractivity contribution in [2.45, 2.75) is 32.6 Å². The van der Waals surface area contributed by atoms with Crippen molar-refractivity contribution in [3.8, 4) is 0 Å². The molecule has 17 heavy (non-hydrogen) atoms. The van der Waals surface area contributed by atoms with Crippen LogP contribution in [0.2, 0.25) is 0 Å². The lowest BCUT2D eigenvalue weighted by Gasteiger charge is -2.19. The molecule has 0 N–H and O–H groups in total. The Morgan fingerprint density at radius 1 is 1.29 bits per heavy atom. The van der Waals surface area contributed by atoms with Crippen molar-refractivity contribution >= 4 is 5.91 Å². The number of carbonyl (C=O) groups excluding carboxylic acids is 1.